The highest BCUT2D eigenvalue weighted by molar-refractivity contribution is 7.89. The number of fused-ring (bicyclic) bond motifs is 2. The van der Waals surface area contributed by atoms with Gasteiger partial charge in [-0.3, -0.25) is 9.59 Å². The van der Waals surface area contributed by atoms with Crippen molar-refractivity contribution in [2.75, 3.05) is 30.3 Å². The van der Waals surface area contributed by atoms with Gasteiger partial charge in [0.05, 0.1) is 16.5 Å². The van der Waals surface area contributed by atoms with Gasteiger partial charge in [0.1, 0.15) is 5.75 Å². The topological polar surface area (TPSA) is 105 Å². The molecule has 1 fully saturated rings. The van der Waals surface area contributed by atoms with Crippen molar-refractivity contribution in [3.8, 4) is 5.75 Å². The van der Waals surface area contributed by atoms with Gasteiger partial charge >= 0.3 is 0 Å². The number of aryl methyl sites for hydroxylation is 2. The summed E-state index contributed by atoms with van der Waals surface area (Å²) in [6, 6.07) is 9.12. The SMILES string of the molecule is Cc1cc2c(cc1S(=O)(=O)N1CCC[C@H](C(=O)Nc3cccc4c3CCCC4)C1)OCC(=O)N2. The minimum atomic E-state index is -3.83. The van der Waals surface area contributed by atoms with Crippen molar-refractivity contribution in [3.63, 3.8) is 0 Å². The molecule has 2 aromatic carbocycles. The van der Waals surface area contributed by atoms with Crippen LogP contribution in [0.1, 0.15) is 42.4 Å². The van der Waals surface area contributed by atoms with Crippen LogP contribution in [0.3, 0.4) is 0 Å². The molecule has 3 aliphatic rings. The highest BCUT2D eigenvalue weighted by Gasteiger charge is 2.35. The molecule has 9 heteroatoms. The molecule has 2 aliphatic heterocycles. The van der Waals surface area contributed by atoms with Crippen molar-refractivity contribution in [2.24, 2.45) is 5.92 Å². The number of rotatable bonds is 4. The van der Waals surface area contributed by atoms with E-state index in [0.29, 0.717) is 36.4 Å². The van der Waals surface area contributed by atoms with Crippen molar-refractivity contribution in [1.29, 1.82) is 0 Å². The average molecular weight is 484 g/mol. The lowest BCUT2D eigenvalue weighted by Crippen LogP contribution is -2.44. The molecule has 0 saturated carbocycles. The van der Waals surface area contributed by atoms with Gasteiger partial charge in [-0.2, -0.15) is 4.31 Å². The lowest BCUT2D eigenvalue weighted by atomic mass is 9.90. The zero-order valence-corrected chi connectivity index (χ0v) is 20.0. The fraction of sp³-hybridized carbons (Fsp3) is 0.440. The van der Waals surface area contributed by atoms with E-state index in [0.717, 1.165) is 24.9 Å². The fourth-order valence-corrected chi connectivity index (χ4v) is 6.89. The van der Waals surface area contributed by atoms with Crippen LogP contribution >= 0.6 is 0 Å². The molecule has 0 radical (unpaired) electrons. The molecule has 34 heavy (non-hydrogen) atoms. The molecule has 1 atom stereocenters. The number of benzene rings is 2. The molecule has 0 aromatic heterocycles. The van der Waals surface area contributed by atoms with Crippen molar-refractivity contribution in [1.82, 2.24) is 4.31 Å². The predicted octanol–water partition coefficient (Wildman–Crippen LogP) is 3.24. The lowest BCUT2D eigenvalue weighted by Gasteiger charge is -2.32. The smallest absolute Gasteiger partial charge is 0.262 e. The number of anilines is 2. The van der Waals surface area contributed by atoms with Crippen molar-refractivity contribution in [3.05, 3.63) is 47.0 Å². The number of sulfonamides is 1. The van der Waals surface area contributed by atoms with E-state index in [4.69, 9.17) is 4.74 Å². The summed E-state index contributed by atoms with van der Waals surface area (Å²) in [6.45, 7) is 2.05. The summed E-state index contributed by atoms with van der Waals surface area (Å²) < 4.78 is 33.9. The zero-order chi connectivity index (χ0) is 23.9. The maximum Gasteiger partial charge on any atom is 0.262 e. The number of hydrogen-bond acceptors (Lipinski definition) is 5. The molecule has 0 spiro atoms. The Kier molecular flexibility index (Phi) is 6.07. The molecule has 2 N–H and O–H groups in total. The van der Waals surface area contributed by atoms with E-state index in [1.807, 2.05) is 12.1 Å². The first kappa shape index (κ1) is 22.9. The third kappa shape index (κ3) is 4.30. The van der Waals surface area contributed by atoms with E-state index in [1.165, 1.54) is 27.9 Å². The van der Waals surface area contributed by atoms with Crippen LogP contribution in [0.5, 0.6) is 5.75 Å². The maximum atomic E-state index is 13.5. The number of hydrogen-bond donors (Lipinski definition) is 2. The number of nitrogens with one attached hydrogen (secondary N) is 2. The van der Waals surface area contributed by atoms with Crippen LogP contribution in [0.25, 0.3) is 0 Å². The predicted molar refractivity (Wildman–Crippen MR) is 129 cm³/mol. The third-order valence-corrected chi connectivity index (χ3v) is 8.94. The van der Waals surface area contributed by atoms with Crippen LogP contribution < -0.4 is 15.4 Å². The Morgan fingerprint density at radius 3 is 2.85 bits per heavy atom. The van der Waals surface area contributed by atoms with Gasteiger partial charge in [0.15, 0.2) is 6.61 Å². The summed E-state index contributed by atoms with van der Waals surface area (Å²) in [5.74, 6) is -0.487. The summed E-state index contributed by atoms with van der Waals surface area (Å²) in [5.41, 5.74) is 4.34. The molecule has 8 nitrogen and oxygen atoms in total. The quantitative estimate of drug-likeness (QED) is 0.695. The Morgan fingerprint density at radius 2 is 2.00 bits per heavy atom. The van der Waals surface area contributed by atoms with Gasteiger partial charge in [-0.1, -0.05) is 12.1 Å². The summed E-state index contributed by atoms with van der Waals surface area (Å²) in [4.78, 5) is 24.9. The van der Waals surface area contributed by atoms with Gasteiger partial charge in [-0.15, -0.1) is 0 Å². The van der Waals surface area contributed by atoms with Crippen molar-refractivity contribution in [2.45, 2.75) is 50.3 Å². The Morgan fingerprint density at radius 1 is 1.18 bits per heavy atom. The first-order valence-corrected chi connectivity index (χ1v) is 13.3. The molecule has 1 aliphatic carbocycles. The number of nitrogens with zero attached hydrogens (tertiary/aromatic N) is 1. The second-order valence-corrected chi connectivity index (χ2v) is 11.2. The molecule has 2 heterocycles. The van der Waals surface area contributed by atoms with Gasteiger partial charge in [0, 0.05) is 24.8 Å². The van der Waals surface area contributed by atoms with Crippen molar-refractivity contribution < 1.29 is 22.7 Å². The first-order valence-electron chi connectivity index (χ1n) is 11.8. The number of ether oxygens (including phenoxy) is 1. The Bertz CT molecular complexity index is 1260. The van der Waals surface area contributed by atoms with E-state index in [1.54, 1.807) is 13.0 Å². The molecule has 0 bridgehead atoms. The van der Waals surface area contributed by atoms with E-state index in [9.17, 15) is 18.0 Å². The summed E-state index contributed by atoms with van der Waals surface area (Å²) >= 11 is 0. The normalized spacial score (nSPS) is 20.5. The molecule has 2 amide bonds. The Labute approximate surface area is 199 Å². The number of amides is 2. The molecule has 2 aromatic rings. The van der Waals surface area contributed by atoms with E-state index >= 15 is 0 Å². The average Bonchev–Trinajstić information content (AvgIpc) is 2.83. The Hall–Kier alpha value is -2.91. The van der Waals surface area contributed by atoms with Gasteiger partial charge in [-0.25, -0.2) is 8.42 Å². The Balaban J connectivity index is 1.34. The van der Waals surface area contributed by atoms with Gasteiger partial charge in [-0.05, 0) is 74.3 Å². The molecular formula is C25H29N3O5S. The van der Waals surface area contributed by atoms with Crippen LogP contribution in [-0.4, -0.2) is 44.2 Å². The second kappa shape index (κ2) is 9.03. The maximum absolute atomic E-state index is 13.5. The number of carbonyl (C=O) groups is 2. The lowest BCUT2D eigenvalue weighted by molar-refractivity contribution is -0.121. The summed E-state index contributed by atoms with van der Waals surface area (Å²) in [6.07, 6.45) is 5.52. The standard InChI is InChI=1S/C25H29N3O5S/c1-16-12-21-22(33-15-24(29)26-21)13-23(16)34(31,32)28-11-5-8-18(14-28)25(30)27-20-10-4-7-17-6-2-3-9-19(17)20/h4,7,10,12-13,18H,2-3,5-6,8-9,11,14-15H2,1H3,(H,26,29)(H,27,30)/t18-/m0/s1. The summed E-state index contributed by atoms with van der Waals surface area (Å²) in [5, 5.41) is 5.79. The van der Waals surface area contributed by atoms with Gasteiger partial charge < -0.3 is 15.4 Å². The molecular weight excluding hydrogens is 454 g/mol. The van der Waals surface area contributed by atoms with Crippen LogP contribution in [0.15, 0.2) is 35.2 Å². The van der Waals surface area contributed by atoms with Crippen LogP contribution in [0.4, 0.5) is 11.4 Å². The van der Waals surface area contributed by atoms with Crippen molar-refractivity contribution >= 4 is 33.2 Å². The highest BCUT2D eigenvalue weighted by Crippen LogP contribution is 2.35. The molecule has 180 valence electrons. The first-order chi connectivity index (χ1) is 16.3. The van der Waals surface area contributed by atoms with Crippen LogP contribution in [0, 0.1) is 12.8 Å². The number of carbonyl (C=O) groups excluding carboxylic acids is 2. The van der Waals surface area contributed by atoms with Crippen LogP contribution in [-0.2, 0) is 32.5 Å². The largest absolute Gasteiger partial charge is 0.482 e. The fourth-order valence-electron chi connectivity index (χ4n) is 5.14. The monoisotopic (exact) mass is 483 g/mol. The van der Waals surface area contributed by atoms with E-state index < -0.39 is 15.9 Å². The highest BCUT2D eigenvalue weighted by atomic mass is 32.2. The molecule has 0 unspecified atom stereocenters. The number of piperidine rings is 1. The molecule has 5 rings (SSSR count). The van der Waals surface area contributed by atoms with E-state index in [-0.39, 0.29) is 29.9 Å². The van der Waals surface area contributed by atoms with Gasteiger partial charge in [0.25, 0.3) is 5.91 Å². The second-order valence-electron chi connectivity index (χ2n) is 9.29. The van der Waals surface area contributed by atoms with Crippen LogP contribution in [0.2, 0.25) is 0 Å². The minimum Gasteiger partial charge on any atom is -0.482 e. The minimum absolute atomic E-state index is 0.132. The zero-order valence-electron chi connectivity index (χ0n) is 19.2. The van der Waals surface area contributed by atoms with Gasteiger partial charge in [0.2, 0.25) is 15.9 Å². The molecule has 1 saturated heterocycles. The summed E-state index contributed by atoms with van der Waals surface area (Å²) in [7, 11) is -3.83. The van der Waals surface area contributed by atoms with E-state index in [2.05, 4.69) is 16.7 Å². The third-order valence-electron chi connectivity index (χ3n) is 6.94.